The van der Waals surface area contributed by atoms with Crippen LogP contribution >= 0.6 is 11.3 Å². The van der Waals surface area contributed by atoms with E-state index in [0.29, 0.717) is 18.3 Å². The quantitative estimate of drug-likeness (QED) is 0.809. The van der Waals surface area contributed by atoms with Crippen molar-refractivity contribution in [2.24, 2.45) is 0 Å². The van der Waals surface area contributed by atoms with Crippen molar-refractivity contribution in [2.75, 3.05) is 18.5 Å². The van der Waals surface area contributed by atoms with Gasteiger partial charge in [-0.1, -0.05) is 11.3 Å². The van der Waals surface area contributed by atoms with Gasteiger partial charge in [-0.2, -0.15) is 0 Å². The van der Waals surface area contributed by atoms with Crippen LogP contribution in [-0.4, -0.2) is 46.3 Å². The molecule has 20 heavy (non-hydrogen) atoms. The number of nitrogens with zero attached hydrogens (tertiary/aromatic N) is 3. The Morgan fingerprint density at radius 1 is 1.45 bits per heavy atom. The van der Waals surface area contributed by atoms with Crippen molar-refractivity contribution in [3.63, 3.8) is 0 Å². The Morgan fingerprint density at radius 2 is 2.20 bits per heavy atom. The second-order valence-corrected chi connectivity index (χ2v) is 5.72. The fraction of sp³-hybridized carbons (Fsp3) is 0.667. The van der Waals surface area contributed by atoms with E-state index in [9.17, 15) is 9.59 Å². The molecule has 0 spiro atoms. The number of nitrogens with one attached hydrogen (secondary N) is 1. The maximum atomic E-state index is 12.2. The molecule has 0 radical (unpaired) electrons. The minimum absolute atomic E-state index is 0.215. The van der Waals surface area contributed by atoms with E-state index < -0.39 is 0 Å². The smallest absolute Gasteiger partial charge is 0.323 e. The van der Waals surface area contributed by atoms with Crippen molar-refractivity contribution in [1.29, 1.82) is 0 Å². The first kappa shape index (κ1) is 14.7. The maximum Gasteiger partial charge on any atom is 0.323 e. The standard InChI is InChI=1S/C12H18N4O3S/c1-3-19-10(17)6-7-16(9-4-5-9)12(18)13-11-15-14-8(2)20-11/h9H,3-7H2,1-2H3,(H,13,15,18). The lowest BCUT2D eigenvalue weighted by molar-refractivity contribution is -0.143. The van der Waals surface area contributed by atoms with Crippen LogP contribution in [0.2, 0.25) is 0 Å². The Hall–Kier alpha value is -1.70. The van der Waals surface area contributed by atoms with Gasteiger partial charge in [0.25, 0.3) is 0 Å². The zero-order chi connectivity index (χ0) is 14.5. The van der Waals surface area contributed by atoms with Crippen LogP contribution in [-0.2, 0) is 9.53 Å². The molecule has 1 N–H and O–H groups in total. The summed E-state index contributed by atoms with van der Waals surface area (Å²) in [5, 5.41) is 11.7. The van der Waals surface area contributed by atoms with Gasteiger partial charge in [0.15, 0.2) is 0 Å². The van der Waals surface area contributed by atoms with Crippen molar-refractivity contribution in [3.05, 3.63) is 5.01 Å². The van der Waals surface area contributed by atoms with E-state index in [1.807, 2.05) is 6.92 Å². The van der Waals surface area contributed by atoms with Crippen LogP contribution < -0.4 is 5.32 Å². The monoisotopic (exact) mass is 298 g/mol. The zero-order valence-electron chi connectivity index (χ0n) is 11.6. The average Bonchev–Trinajstić information content (AvgIpc) is 3.14. The Bertz CT molecular complexity index is 487. The molecule has 0 aliphatic heterocycles. The number of rotatable bonds is 6. The van der Waals surface area contributed by atoms with E-state index in [2.05, 4.69) is 15.5 Å². The van der Waals surface area contributed by atoms with Crippen molar-refractivity contribution >= 4 is 28.5 Å². The fourth-order valence-corrected chi connectivity index (χ4v) is 2.37. The molecule has 0 unspecified atom stereocenters. The zero-order valence-corrected chi connectivity index (χ0v) is 12.4. The molecular weight excluding hydrogens is 280 g/mol. The van der Waals surface area contributed by atoms with Gasteiger partial charge in [-0.25, -0.2) is 4.79 Å². The largest absolute Gasteiger partial charge is 0.466 e. The molecule has 0 bridgehead atoms. The predicted octanol–water partition coefficient (Wildman–Crippen LogP) is 1.80. The van der Waals surface area contributed by atoms with Gasteiger partial charge < -0.3 is 9.64 Å². The molecule has 1 heterocycles. The summed E-state index contributed by atoms with van der Waals surface area (Å²) in [7, 11) is 0. The molecule has 1 aromatic heterocycles. The van der Waals surface area contributed by atoms with Crippen molar-refractivity contribution in [2.45, 2.75) is 39.2 Å². The summed E-state index contributed by atoms with van der Waals surface area (Å²) in [5.41, 5.74) is 0. The number of ether oxygens (including phenoxy) is 1. The number of urea groups is 1. The Balaban J connectivity index is 1.87. The highest BCUT2D eigenvalue weighted by molar-refractivity contribution is 7.15. The van der Waals surface area contributed by atoms with Gasteiger partial charge in [0.2, 0.25) is 5.13 Å². The third-order valence-electron chi connectivity index (χ3n) is 2.85. The van der Waals surface area contributed by atoms with Gasteiger partial charge in [0, 0.05) is 12.6 Å². The lowest BCUT2D eigenvalue weighted by Gasteiger charge is -2.21. The predicted molar refractivity (Wildman–Crippen MR) is 74.6 cm³/mol. The molecule has 8 heteroatoms. The summed E-state index contributed by atoms with van der Waals surface area (Å²) in [5.74, 6) is -0.280. The lowest BCUT2D eigenvalue weighted by Crippen LogP contribution is -2.38. The molecule has 0 saturated heterocycles. The van der Waals surface area contributed by atoms with Crippen LogP contribution in [0.25, 0.3) is 0 Å². The van der Waals surface area contributed by atoms with E-state index >= 15 is 0 Å². The molecule has 2 amide bonds. The fourth-order valence-electron chi connectivity index (χ4n) is 1.79. The van der Waals surface area contributed by atoms with E-state index in [-0.39, 0.29) is 24.5 Å². The molecule has 1 aliphatic carbocycles. The van der Waals surface area contributed by atoms with E-state index in [4.69, 9.17) is 4.74 Å². The summed E-state index contributed by atoms with van der Waals surface area (Å²) in [6.45, 7) is 4.32. The first-order valence-corrected chi connectivity index (χ1v) is 7.45. The van der Waals surface area contributed by atoms with Crippen LogP contribution in [0.5, 0.6) is 0 Å². The van der Waals surface area contributed by atoms with Crippen LogP contribution in [0, 0.1) is 6.92 Å². The molecule has 1 aromatic rings. The summed E-state index contributed by atoms with van der Waals surface area (Å²) < 4.78 is 4.88. The van der Waals surface area contributed by atoms with Crippen molar-refractivity contribution in [1.82, 2.24) is 15.1 Å². The summed E-state index contributed by atoms with van der Waals surface area (Å²) in [6.07, 6.45) is 2.17. The highest BCUT2D eigenvalue weighted by Gasteiger charge is 2.33. The first-order chi connectivity index (χ1) is 9.60. The third-order valence-corrected chi connectivity index (χ3v) is 3.60. The summed E-state index contributed by atoms with van der Waals surface area (Å²) in [6, 6.07) is -0.00797. The van der Waals surface area contributed by atoms with Gasteiger partial charge >= 0.3 is 12.0 Å². The van der Waals surface area contributed by atoms with Crippen LogP contribution in [0.3, 0.4) is 0 Å². The van der Waals surface area contributed by atoms with E-state index in [1.54, 1.807) is 11.8 Å². The molecule has 1 aliphatic rings. The Morgan fingerprint density at radius 3 is 2.75 bits per heavy atom. The third kappa shape index (κ3) is 4.16. The second-order valence-electron chi connectivity index (χ2n) is 4.54. The minimum atomic E-state index is -0.280. The molecular formula is C12H18N4O3S. The lowest BCUT2D eigenvalue weighted by atomic mass is 10.4. The number of carbonyl (C=O) groups excluding carboxylic acids is 2. The molecule has 0 atom stereocenters. The van der Waals surface area contributed by atoms with Gasteiger partial charge in [-0.3, -0.25) is 10.1 Å². The van der Waals surface area contributed by atoms with Crippen molar-refractivity contribution in [3.8, 4) is 0 Å². The first-order valence-electron chi connectivity index (χ1n) is 6.63. The van der Waals surface area contributed by atoms with Crippen LogP contribution in [0.1, 0.15) is 31.2 Å². The highest BCUT2D eigenvalue weighted by atomic mass is 32.1. The van der Waals surface area contributed by atoms with Gasteiger partial charge in [-0.15, -0.1) is 10.2 Å². The number of hydrogen-bond donors (Lipinski definition) is 1. The second kappa shape index (κ2) is 6.65. The number of aromatic nitrogens is 2. The average molecular weight is 298 g/mol. The molecule has 7 nitrogen and oxygen atoms in total. The van der Waals surface area contributed by atoms with Gasteiger partial charge in [-0.05, 0) is 26.7 Å². The molecule has 1 saturated carbocycles. The minimum Gasteiger partial charge on any atom is -0.466 e. The number of aryl methyl sites for hydroxylation is 1. The van der Waals surface area contributed by atoms with Gasteiger partial charge in [0.1, 0.15) is 5.01 Å². The van der Waals surface area contributed by atoms with E-state index in [1.165, 1.54) is 11.3 Å². The number of hydrogen-bond acceptors (Lipinski definition) is 6. The van der Waals surface area contributed by atoms with Crippen LogP contribution in [0.15, 0.2) is 0 Å². The SMILES string of the molecule is CCOC(=O)CCN(C(=O)Nc1nnc(C)s1)C1CC1. The van der Waals surface area contributed by atoms with Crippen molar-refractivity contribution < 1.29 is 14.3 Å². The van der Waals surface area contributed by atoms with E-state index in [0.717, 1.165) is 17.8 Å². The highest BCUT2D eigenvalue weighted by Crippen LogP contribution is 2.28. The topological polar surface area (TPSA) is 84.4 Å². The normalized spacial score (nSPS) is 13.9. The Kier molecular flexibility index (Phi) is 4.89. The Labute approximate surface area is 121 Å². The maximum absolute atomic E-state index is 12.2. The number of esters is 1. The number of amides is 2. The molecule has 1 fully saturated rings. The summed E-state index contributed by atoms with van der Waals surface area (Å²) >= 11 is 1.33. The number of carbonyl (C=O) groups is 2. The van der Waals surface area contributed by atoms with Crippen LogP contribution in [0.4, 0.5) is 9.93 Å². The number of anilines is 1. The van der Waals surface area contributed by atoms with Gasteiger partial charge in [0.05, 0.1) is 13.0 Å². The molecule has 0 aromatic carbocycles. The summed E-state index contributed by atoms with van der Waals surface area (Å²) in [4.78, 5) is 25.2. The molecule has 2 rings (SSSR count). The molecule has 110 valence electrons.